The number of rotatable bonds is 4. The molecular formula is C18H19BrN4O2. The van der Waals surface area contributed by atoms with Gasteiger partial charge in [0, 0.05) is 29.7 Å². The van der Waals surface area contributed by atoms with Crippen molar-refractivity contribution in [3.8, 4) is 0 Å². The number of nitrogens with one attached hydrogen (secondary N) is 1. The third-order valence-corrected chi connectivity index (χ3v) is 4.90. The second-order valence-electron chi connectivity index (χ2n) is 6.29. The lowest BCUT2D eigenvalue weighted by Gasteiger charge is -2.30. The average Bonchev–Trinajstić information content (AvgIpc) is 3.48. The number of morpholine rings is 1. The highest BCUT2D eigenvalue weighted by Crippen LogP contribution is 2.37. The summed E-state index contributed by atoms with van der Waals surface area (Å²) >= 11 is 3.49. The number of hydrogen-bond acceptors (Lipinski definition) is 5. The topological polar surface area (TPSA) is 67.4 Å². The lowest BCUT2D eigenvalue weighted by atomic mass is 10.2. The summed E-state index contributed by atoms with van der Waals surface area (Å²) in [6.07, 6.45) is 3.88. The summed E-state index contributed by atoms with van der Waals surface area (Å²) in [5.41, 5.74) is 2.17. The van der Waals surface area contributed by atoms with Crippen molar-refractivity contribution < 1.29 is 9.53 Å². The van der Waals surface area contributed by atoms with Crippen molar-refractivity contribution in [2.75, 3.05) is 36.5 Å². The smallest absolute Gasteiger partial charge is 0.274 e. The lowest BCUT2D eigenvalue weighted by molar-refractivity contribution is 0.102. The fourth-order valence-electron chi connectivity index (χ4n) is 2.91. The molecule has 0 atom stereocenters. The molecule has 1 saturated heterocycles. The zero-order valence-corrected chi connectivity index (χ0v) is 15.3. The van der Waals surface area contributed by atoms with Crippen LogP contribution in [0.3, 0.4) is 0 Å². The molecule has 4 rings (SSSR count). The fraction of sp³-hybridized carbons (Fsp3) is 0.389. The van der Waals surface area contributed by atoms with Crippen LogP contribution in [-0.2, 0) is 4.74 Å². The van der Waals surface area contributed by atoms with Gasteiger partial charge in [0.2, 0.25) is 0 Å². The Morgan fingerprint density at radius 3 is 2.80 bits per heavy atom. The van der Waals surface area contributed by atoms with E-state index in [0.29, 0.717) is 24.8 Å². The molecule has 2 fully saturated rings. The SMILES string of the molecule is O=C(Nc1cc(Br)ccc1N1CCOCC1)c1ccnc(C2CC2)n1. The van der Waals surface area contributed by atoms with Crippen LogP contribution in [-0.4, -0.2) is 42.2 Å². The van der Waals surface area contributed by atoms with E-state index in [9.17, 15) is 4.79 Å². The number of halogens is 1. The van der Waals surface area contributed by atoms with E-state index < -0.39 is 0 Å². The molecule has 7 heteroatoms. The number of aromatic nitrogens is 2. The first-order valence-electron chi connectivity index (χ1n) is 8.47. The van der Waals surface area contributed by atoms with Crippen LogP contribution in [0.5, 0.6) is 0 Å². The second-order valence-corrected chi connectivity index (χ2v) is 7.21. The molecule has 0 bridgehead atoms. The summed E-state index contributed by atoms with van der Waals surface area (Å²) in [7, 11) is 0. The molecule has 1 N–H and O–H groups in total. The molecular weight excluding hydrogens is 384 g/mol. The van der Waals surface area contributed by atoms with E-state index in [0.717, 1.165) is 47.6 Å². The van der Waals surface area contributed by atoms with Crippen LogP contribution in [0.25, 0.3) is 0 Å². The van der Waals surface area contributed by atoms with Gasteiger partial charge in [-0.05, 0) is 37.1 Å². The van der Waals surface area contributed by atoms with E-state index in [1.165, 1.54) is 0 Å². The van der Waals surface area contributed by atoms with Crippen LogP contribution in [0.15, 0.2) is 34.9 Å². The summed E-state index contributed by atoms with van der Waals surface area (Å²) in [6.45, 7) is 3.01. The van der Waals surface area contributed by atoms with Gasteiger partial charge in [-0.15, -0.1) is 0 Å². The largest absolute Gasteiger partial charge is 0.378 e. The minimum absolute atomic E-state index is 0.211. The highest BCUT2D eigenvalue weighted by Gasteiger charge is 2.27. The standard InChI is InChI=1S/C18H19BrN4O2/c19-13-3-4-16(23-7-9-25-10-8-23)15(11-13)22-18(24)14-5-6-20-17(21-14)12-1-2-12/h3-6,11-12H,1-2,7-10H2,(H,22,24). The molecule has 25 heavy (non-hydrogen) atoms. The van der Waals surface area contributed by atoms with Crippen molar-refractivity contribution >= 4 is 33.2 Å². The van der Waals surface area contributed by atoms with Gasteiger partial charge < -0.3 is 15.0 Å². The molecule has 0 radical (unpaired) electrons. The third kappa shape index (κ3) is 3.82. The van der Waals surface area contributed by atoms with Crippen LogP contribution in [0, 0.1) is 0 Å². The number of amides is 1. The van der Waals surface area contributed by atoms with Crippen molar-refractivity contribution in [2.45, 2.75) is 18.8 Å². The third-order valence-electron chi connectivity index (χ3n) is 4.41. The van der Waals surface area contributed by atoms with Gasteiger partial charge in [-0.2, -0.15) is 0 Å². The van der Waals surface area contributed by atoms with Crippen LogP contribution >= 0.6 is 15.9 Å². The molecule has 1 saturated carbocycles. The first-order chi connectivity index (χ1) is 12.2. The van der Waals surface area contributed by atoms with Gasteiger partial charge >= 0.3 is 0 Å². The minimum atomic E-state index is -0.211. The van der Waals surface area contributed by atoms with E-state index in [1.54, 1.807) is 12.3 Å². The quantitative estimate of drug-likeness (QED) is 0.850. The first kappa shape index (κ1) is 16.5. The number of carbonyl (C=O) groups is 1. The van der Waals surface area contributed by atoms with Crippen LogP contribution < -0.4 is 10.2 Å². The predicted molar refractivity (Wildman–Crippen MR) is 99.1 cm³/mol. The van der Waals surface area contributed by atoms with Crippen molar-refractivity contribution in [1.29, 1.82) is 0 Å². The first-order valence-corrected chi connectivity index (χ1v) is 9.26. The van der Waals surface area contributed by atoms with Crippen LogP contribution in [0.1, 0.15) is 35.1 Å². The Morgan fingerprint density at radius 2 is 2.04 bits per heavy atom. The lowest BCUT2D eigenvalue weighted by Crippen LogP contribution is -2.36. The molecule has 2 aliphatic rings. The number of anilines is 2. The normalized spacial score (nSPS) is 17.4. The Kier molecular flexibility index (Phi) is 4.67. The molecule has 2 heterocycles. The molecule has 0 spiro atoms. The van der Waals surface area contributed by atoms with E-state index >= 15 is 0 Å². The molecule has 2 aromatic rings. The summed E-state index contributed by atoms with van der Waals surface area (Å²) < 4.78 is 6.34. The van der Waals surface area contributed by atoms with Crippen LogP contribution in [0.2, 0.25) is 0 Å². The summed E-state index contributed by atoms with van der Waals surface area (Å²) in [6, 6.07) is 7.58. The van der Waals surface area contributed by atoms with E-state index in [2.05, 4.69) is 36.1 Å². The van der Waals surface area contributed by atoms with E-state index in [-0.39, 0.29) is 5.91 Å². The maximum absolute atomic E-state index is 12.7. The molecule has 1 aromatic heterocycles. The highest BCUT2D eigenvalue weighted by atomic mass is 79.9. The zero-order valence-electron chi connectivity index (χ0n) is 13.7. The number of nitrogens with zero attached hydrogens (tertiary/aromatic N) is 3. The van der Waals surface area contributed by atoms with Crippen LogP contribution in [0.4, 0.5) is 11.4 Å². The molecule has 1 aliphatic heterocycles. The van der Waals surface area contributed by atoms with Gasteiger partial charge in [-0.1, -0.05) is 15.9 Å². The Morgan fingerprint density at radius 1 is 1.24 bits per heavy atom. The Balaban J connectivity index is 1.57. The van der Waals surface area contributed by atoms with E-state index in [1.807, 2.05) is 18.2 Å². The van der Waals surface area contributed by atoms with Gasteiger partial charge in [0.25, 0.3) is 5.91 Å². The maximum Gasteiger partial charge on any atom is 0.274 e. The predicted octanol–water partition coefficient (Wildman–Crippen LogP) is 3.21. The van der Waals surface area contributed by atoms with Gasteiger partial charge in [-0.3, -0.25) is 4.79 Å². The number of carbonyl (C=O) groups excluding carboxylic acids is 1. The Labute approximate surface area is 154 Å². The molecule has 130 valence electrons. The van der Waals surface area contributed by atoms with E-state index in [4.69, 9.17) is 4.74 Å². The van der Waals surface area contributed by atoms with Gasteiger partial charge in [0.1, 0.15) is 11.5 Å². The van der Waals surface area contributed by atoms with Crippen molar-refractivity contribution in [2.24, 2.45) is 0 Å². The fourth-order valence-corrected chi connectivity index (χ4v) is 3.27. The van der Waals surface area contributed by atoms with Crippen molar-refractivity contribution in [3.63, 3.8) is 0 Å². The molecule has 6 nitrogen and oxygen atoms in total. The molecule has 0 unspecified atom stereocenters. The number of hydrogen-bond donors (Lipinski definition) is 1. The van der Waals surface area contributed by atoms with Crippen molar-refractivity contribution in [1.82, 2.24) is 9.97 Å². The van der Waals surface area contributed by atoms with Gasteiger partial charge in [0.15, 0.2) is 0 Å². The Bertz CT molecular complexity index is 788. The molecule has 1 aliphatic carbocycles. The summed E-state index contributed by atoms with van der Waals surface area (Å²) in [4.78, 5) is 23.6. The Hall–Kier alpha value is -1.99. The van der Waals surface area contributed by atoms with Gasteiger partial charge in [-0.25, -0.2) is 9.97 Å². The van der Waals surface area contributed by atoms with Gasteiger partial charge in [0.05, 0.1) is 24.6 Å². The minimum Gasteiger partial charge on any atom is -0.378 e. The zero-order chi connectivity index (χ0) is 17.2. The summed E-state index contributed by atoms with van der Waals surface area (Å²) in [5.74, 6) is 0.981. The maximum atomic E-state index is 12.7. The summed E-state index contributed by atoms with van der Waals surface area (Å²) in [5, 5.41) is 3.01. The molecule has 1 amide bonds. The second kappa shape index (κ2) is 7.09. The number of ether oxygens (including phenoxy) is 1. The van der Waals surface area contributed by atoms with Crippen molar-refractivity contribution in [3.05, 3.63) is 46.5 Å². The monoisotopic (exact) mass is 402 g/mol. The number of benzene rings is 1. The average molecular weight is 403 g/mol. The molecule has 1 aromatic carbocycles. The highest BCUT2D eigenvalue weighted by molar-refractivity contribution is 9.10.